The average molecular weight is 316 g/mol. The molecule has 2 N–H and O–H groups in total. The zero-order valence-electron chi connectivity index (χ0n) is 15.5. The number of carbonyl (C=O) groups excluding carboxylic acids is 2. The van der Waals surface area contributed by atoms with Crippen LogP contribution in [0.15, 0.2) is 0 Å². The van der Waals surface area contributed by atoms with Crippen molar-refractivity contribution < 1.29 is 14.7 Å². The quantitative estimate of drug-likeness (QED) is 0.723. The monoisotopic (exact) mass is 316 g/mol. The molecule has 0 aliphatic heterocycles. The summed E-state index contributed by atoms with van der Waals surface area (Å²) in [6.45, 7) is 14.8. The molecule has 132 valence electrons. The molecule has 5 heteroatoms. The van der Waals surface area contributed by atoms with Gasteiger partial charge in [-0.05, 0) is 26.2 Å². The zero-order valence-corrected chi connectivity index (χ0v) is 15.5. The van der Waals surface area contributed by atoms with Crippen LogP contribution >= 0.6 is 0 Å². The largest absolute Gasteiger partial charge is 0.395 e. The number of amides is 2. The van der Waals surface area contributed by atoms with Gasteiger partial charge in [0.25, 0.3) is 0 Å². The second kappa shape index (κ2) is 12.4. The van der Waals surface area contributed by atoms with E-state index in [-0.39, 0.29) is 24.0 Å². The van der Waals surface area contributed by atoms with Crippen LogP contribution in [0.4, 0.5) is 0 Å². The summed E-state index contributed by atoms with van der Waals surface area (Å²) in [7, 11) is 0. The number of aliphatic hydroxyl groups is 1. The maximum absolute atomic E-state index is 11.8. The predicted octanol–water partition coefficient (Wildman–Crippen LogP) is 2.57. The molecule has 0 aliphatic carbocycles. The van der Waals surface area contributed by atoms with Gasteiger partial charge in [-0.25, -0.2) is 0 Å². The molecule has 0 unspecified atom stereocenters. The highest BCUT2D eigenvalue weighted by Crippen LogP contribution is 2.19. The van der Waals surface area contributed by atoms with E-state index in [0.29, 0.717) is 32.4 Å². The molecule has 0 heterocycles. The minimum Gasteiger partial charge on any atom is -0.395 e. The first kappa shape index (κ1) is 23.2. The summed E-state index contributed by atoms with van der Waals surface area (Å²) in [5, 5.41) is 11.8. The van der Waals surface area contributed by atoms with Crippen molar-refractivity contribution in [3.05, 3.63) is 0 Å². The number of hydrogen-bond acceptors (Lipinski definition) is 3. The molecule has 0 atom stereocenters. The van der Waals surface area contributed by atoms with Gasteiger partial charge in [0.15, 0.2) is 0 Å². The van der Waals surface area contributed by atoms with Crippen molar-refractivity contribution >= 4 is 11.8 Å². The van der Waals surface area contributed by atoms with Gasteiger partial charge < -0.3 is 15.3 Å². The molecule has 0 spiro atoms. The second-order valence-corrected chi connectivity index (χ2v) is 6.62. The molecular weight excluding hydrogens is 280 g/mol. The SMILES string of the molecule is CC(C)C.CCC(=O)NCCC(C)(C)N(CCO)C(=O)CC. The smallest absolute Gasteiger partial charge is 0.222 e. The molecule has 0 aromatic carbocycles. The van der Waals surface area contributed by atoms with Gasteiger partial charge in [0.05, 0.1) is 6.61 Å². The van der Waals surface area contributed by atoms with Crippen LogP contribution in [0.25, 0.3) is 0 Å². The number of nitrogens with zero attached hydrogens (tertiary/aromatic N) is 1. The normalized spacial score (nSPS) is 10.8. The van der Waals surface area contributed by atoms with Gasteiger partial charge in [-0.2, -0.15) is 0 Å². The molecule has 0 fully saturated rings. The third-order valence-corrected chi connectivity index (χ3v) is 3.04. The molecule has 0 bridgehead atoms. The van der Waals surface area contributed by atoms with E-state index in [0.717, 1.165) is 5.92 Å². The highest BCUT2D eigenvalue weighted by Gasteiger charge is 2.29. The number of nitrogens with one attached hydrogen (secondary N) is 1. The van der Waals surface area contributed by atoms with Crippen LogP contribution in [0.5, 0.6) is 0 Å². The Balaban J connectivity index is 0. The summed E-state index contributed by atoms with van der Waals surface area (Å²) in [5.41, 5.74) is -0.364. The van der Waals surface area contributed by atoms with Gasteiger partial charge in [0.1, 0.15) is 0 Å². The zero-order chi connectivity index (χ0) is 17.8. The van der Waals surface area contributed by atoms with Crippen molar-refractivity contribution in [2.45, 2.75) is 73.3 Å². The fourth-order valence-electron chi connectivity index (χ4n) is 1.82. The summed E-state index contributed by atoms with van der Waals surface area (Å²) in [5.74, 6) is 0.872. The molecule has 0 saturated heterocycles. The molecule has 2 amide bonds. The fourth-order valence-corrected chi connectivity index (χ4v) is 1.82. The molecule has 0 saturated carbocycles. The Labute approximate surface area is 136 Å². The van der Waals surface area contributed by atoms with E-state index in [9.17, 15) is 9.59 Å². The maximum Gasteiger partial charge on any atom is 0.222 e. The first-order chi connectivity index (χ1) is 10.1. The molecule has 0 aromatic heterocycles. The number of rotatable bonds is 8. The van der Waals surface area contributed by atoms with Crippen molar-refractivity contribution in [3.63, 3.8) is 0 Å². The Morgan fingerprint density at radius 3 is 2.00 bits per heavy atom. The number of aliphatic hydroxyl groups excluding tert-OH is 1. The van der Waals surface area contributed by atoms with E-state index in [1.807, 2.05) is 20.8 Å². The van der Waals surface area contributed by atoms with Gasteiger partial charge in [0, 0.05) is 31.5 Å². The van der Waals surface area contributed by atoms with E-state index in [1.54, 1.807) is 11.8 Å². The summed E-state index contributed by atoms with van der Waals surface area (Å²) >= 11 is 0. The van der Waals surface area contributed by atoms with Crippen LogP contribution in [-0.4, -0.2) is 47.1 Å². The van der Waals surface area contributed by atoms with Crippen LogP contribution in [-0.2, 0) is 9.59 Å². The van der Waals surface area contributed by atoms with Gasteiger partial charge in [0.2, 0.25) is 11.8 Å². The molecule has 0 rings (SSSR count). The Bertz CT molecular complexity index is 312. The van der Waals surface area contributed by atoms with Gasteiger partial charge in [-0.1, -0.05) is 34.6 Å². The Hall–Kier alpha value is -1.10. The lowest BCUT2D eigenvalue weighted by atomic mass is 9.97. The standard InChI is InChI=1S/C13H26N2O3.C4H10/c1-5-11(17)14-8-7-13(3,4)15(9-10-16)12(18)6-2;1-4(2)3/h16H,5-10H2,1-4H3,(H,14,17);4H,1-3H3. The number of carbonyl (C=O) groups is 2. The van der Waals surface area contributed by atoms with E-state index in [2.05, 4.69) is 26.1 Å². The summed E-state index contributed by atoms with van der Waals surface area (Å²) in [6.07, 6.45) is 1.56. The van der Waals surface area contributed by atoms with Crippen LogP contribution in [0.1, 0.15) is 67.7 Å². The lowest BCUT2D eigenvalue weighted by Gasteiger charge is -2.38. The lowest BCUT2D eigenvalue weighted by molar-refractivity contribution is -0.137. The van der Waals surface area contributed by atoms with Gasteiger partial charge in [-0.3, -0.25) is 9.59 Å². The van der Waals surface area contributed by atoms with Crippen molar-refractivity contribution in [2.24, 2.45) is 5.92 Å². The van der Waals surface area contributed by atoms with E-state index in [1.165, 1.54) is 0 Å². The minimum absolute atomic E-state index is 0.0151. The maximum atomic E-state index is 11.8. The summed E-state index contributed by atoms with van der Waals surface area (Å²) < 4.78 is 0. The Kier molecular flexibility index (Phi) is 13.1. The van der Waals surface area contributed by atoms with Crippen molar-refractivity contribution in [2.75, 3.05) is 19.7 Å². The van der Waals surface area contributed by atoms with Crippen LogP contribution < -0.4 is 5.32 Å². The number of β-amino-alcohol motifs (C(OH)–C–C–N with tert-alkyl or cyclic N) is 1. The predicted molar refractivity (Wildman–Crippen MR) is 91.6 cm³/mol. The van der Waals surface area contributed by atoms with Crippen LogP contribution in [0, 0.1) is 5.92 Å². The first-order valence-corrected chi connectivity index (χ1v) is 8.30. The highest BCUT2D eigenvalue weighted by molar-refractivity contribution is 5.77. The molecule has 5 nitrogen and oxygen atoms in total. The molecule has 0 radical (unpaired) electrons. The van der Waals surface area contributed by atoms with Crippen molar-refractivity contribution in [3.8, 4) is 0 Å². The Morgan fingerprint density at radius 1 is 1.14 bits per heavy atom. The fraction of sp³-hybridized carbons (Fsp3) is 0.882. The molecular formula is C17H36N2O3. The third-order valence-electron chi connectivity index (χ3n) is 3.04. The molecule has 0 aromatic rings. The third kappa shape index (κ3) is 11.5. The van der Waals surface area contributed by atoms with Gasteiger partial charge >= 0.3 is 0 Å². The van der Waals surface area contributed by atoms with E-state index in [4.69, 9.17) is 5.11 Å². The molecule has 22 heavy (non-hydrogen) atoms. The van der Waals surface area contributed by atoms with Gasteiger partial charge in [-0.15, -0.1) is 0 Å². The average Bonchev–Trinajstić information content (AvgIpc) is 2.42. The summed E-state index contributed by atoms with van der Waals surface area (Å²) in [4.78, 5) is 24.7. The molecule has 0 aliphatic rings. The first-order valence-electron chi connectivity index (χ1n) is 8.30. The Morgan fingerprint density at radius 2 is 1.64 bits per heavy atom. The second-order valence-electron chi connectivity index (χ2n) is 6.62. The van der Waals surface area contributed by atoms with Crippen molar-refractivity contribution in [1.29, 1.82) is 0 Å². The summed E-state index contributed by atoms with van der Waals surface area (Å²) in [6, 6.07) is 0. The highest BCUT2D eigenvalue weighted by atomic mass is 16.3. The topological polar surface area (TPSA) is 69.6 Å². The van der Waals surface area contributed by atoms with E-state index < -0.39 is 0 Å². The lowest BCUT2D eigenvalue weighted by Crippen LogP contribution is -2.50. The van der Waals surface area contributed by atoms with E-state index >= 15 is 0 Å². The number of hydrogen-bond donors (Lipinski definition) is 2. The van der Waals surface area contributed by atoms with Crippen molar-refractivity contribution in [1.82, 2.24) is 10.2 Å². The van der Waals surface area contributed by atoms with Crippen LogP contribution in [0.3, 0.4) is 0 Å². The van der Waals surface area contributed by atoms with Crippen LogP contribution in [0.2, 0.25) is 0 Å². The minimum atomic E-state index is -0.364.